The van der Waals surface area contributed by atoms with Crippen molar-refractivity contribution in [2.75, 3.05) is 19.7 Å². The first-order chi connectivity index (χ1) is 10.3. The van der Waals surface area contributed by atoms with Crippen LogP contribution in [0.1, 0.15) is 37.7 Å². The Labute approximate surface area is 127 Å². The lowest BCUT2D eigenvalue weighted by Crippen LogP contribution is -2.39. The Balaban J connectivity index is 1.60. The van der Waals surface area contributed by atoms with Crippen LogP contribution >= 0.6 is 0 Å². The molecule has 1 atom stereocenters. The van der Waals surface area contributed by atoms with Crippen molar-refractivity contribution < 1.29 is 9.53 Å². The van der Waals surface area contributed by atoms with Crippen LogP contribution in [0, 0.1) is 0 Å². The highest BCUT2D eigenvalue weighted by atomic mass is 16.5. The molecule has 0 radical (unpaired) electrons. The predicted molar refractivity (Wildman–Crippen MR) is 83.7 cm³/mol. The molecule has 1 aliphatic rings. The van der Waals surface area contributed by atoms with Crippen LogP contribution in [0.3, 0.4) is 0 Å². The molecule has 1 heterocycles. The van der Waals surface area contributed by atoms with Crippen molar-refractivity contribution in [3.05, 3.63) is 35.9 Å². The second kappa shape index (κ2) is 8.80. The Morgan fingerprint density at radius 2 is 2.10 bits per heavy atom. The van der Waals surface area contributed by atoms with Crippen molar-refractivity contribution in [1.29, 1.82) is 0 Å². The molecule has 4 heteroatoms. The van der Waals surface area contributed by atoms with E-state index in [1.54, 1.807) is 0 Å². The van der Waals surface area contributed by atoms with Crippen LogP contribution in [0.4, 0.5) is 0 Å². The molecule has 0 saturated carbocycles. The van der Waals surface area contributed by atoms with Crippen molar-refractivity contribution in [1.82, 2.24) is 4.90 Å². The van der Waals surface area contributed by atoms with Crippen LogP contribution in [0.25, 0.3) is 0 Å². The maximum absolute atomic E-state index is 12.1. The van der Waals surface area contributed by atoms with Crippen molar-refractivity contribution in [3.63, 3.8) is 0 Å². The molecule has 0 aromatic heterocycles. The minimum Gasteiger partial charge on any atom is -0.377 e. The van der Waals surface area contributed by atoms with E-state index in [1.165, 1.54) is 5.56 Å². The van der Waals surface area contributed by atoms with Crippen LogP contribution in [-0.4, -0.2) is 36.5 Å². The Morgan fingerprint density at radius 3 is 2.90 bits per heavy atom. The average Bonchev–Trinajstić information content (AvgIpc) is 2.72. The van der Waals surface area contributed by atoms with Gasteiger partial charge >= 0.3 is 0 Å². The highest BCUT2D eigenvalue weighted by Crippen LogP contribution is 2.11. The molecule has 21 heavy (non-hydrogen) atoms. The second-order valence-electron chi connectivity index (χ2n) is 5.74. The first-order valence-electron chi connectivity index (χ1n) is 7.91. The van der Waals surface area contributed by atoms with E-state index < -0.39 is 0 Å². The summed E-state index contributed by atoms with van der Waals surface area (Å²) < 4.78 is 5.61. The van der Waals surface area contributed by atoms with E-state index in [1.807, 2.05) is 35.2 Å². The fourth-order valence-electron chi connectivity index (χ4n) is 2.65. The molecule has 1 fully saturated rings. The number of carbonyl (C=O) groups is 1. The fraction of sp³-hybridized carbons (Fsp3) is 0.588. The number of likely N-dealkylation sites (tertiary alicyclic amines) is 1. The van der Waals surface area contributed by atoms with Gasteiger partial charge in [0.25, 0.3) is 0 Å². The highest BCUT2D eigenvalue weighted by molar-refractivity contribution is 5.76. The predicted octanol–water partition coefficient (Wildman–Crippen LogP) is 2.32. The van der Waals surface area contributed by atoms with Crippen molar-refractivity contribution in [2.45, 2.75) is 44.8 Å². The molecule has 4 nitrogen and oxygen atoms in total. The maximum atomic E-state index is 12.1. The van der Waals surface area contributed by atoms with E-state index >= 15 is 0 Å². The van der Waals surface area contributed by atoms with E-state index in [-0.39, 0.29) is 11.9 Å². The van der Waals surface area contributed by atoms with Crippen molar-refractivity contribution in [2.24, 2.45) is 5.73 Å². The number of nitrogens with zero attached hydrogens (tertiary/aromatic N) is 1. The summed E-state index contributed by atoms with van der Waals surface area (Å²) in [4.78, 5) is 14.1. The van der Waals surface area contributed by atoms with Crippen LogP contribution in [0.15, 0.2) is 30.3 Å². The monoisotopic (exact) mass is 290 g/mol. The smallest absolute Gasteiger partial charge is 0.222 e. The molecule has 1 amide bonds. The van der Waals surface area contributed by atoms with Crippen LogP contribution in [0.2, 0.25) is 0 Å². The quantitative estimate of drug-likeness (QED) is 0.818. The second-order valence-corrected chi connectivity index (χ2v) is 5.74. The average molecular weight is 290 g/mol. The van der Waals surface area contributed by atoms with Crippen molar-refractivity contribution >= 4 is 5.91 Å². The minimum atomic E-state index is 0.144. The van der Waals surface area contributed by atoms with Crippen LogP contribution in [-0.2, 0) is 16.1 Å². The van der Waals surface area contributed by atoms with E-state index in [2.05, 4.69) is 0 Å². The first kappa shape index (κ1) is 16.0. The molecular weight excluding hydrogens is 264 g/mol. The summed E-state index contributed by atoms with van der Waals surface area (Å²) >= 11 is 0. The molecule has 1 aromatic rings. The number of hydrogen-bond acceptors (Lipinski definition) is 3. The number of nitrogens with two attached hydrogens (primary N) is 1. The van der Waals surface area contributed by atoms with Gasteiger partial charge in [-0.3, -0.25) is 4.79 Å². The minimum absolute atomic E-state index is 0.144. The lowest BCUT2D eigenvalue weighted by atomic mass is 10.2. The molecule has 0 spiro atoms. The Bertz CT molecular complexity index is 422. The standard InChI is InChI=1S/C17H26N2O2/c18-16-9-4-5-11-19(13-16)17(20)10-6-12-21-14-15-7-2-1-3-8-15/h1-3,7-8,16H,4-6,9-14,18H2/t16-/m1/s1. The summed E-state index contributed by atoms with van der Waals surface area (Å²) in [7, 11) is 0. The molecule has 0 unspecified atom stereocenters. The Kier molecular flexibility index (Phi) is 6.70. The topological polar surface area (TPSA) is 55.6 Å². The van der Waals surface area contributed by atoms with E-state index in [9.17, 15) is 4.79 Å². The third-order valence-corrected chi connectivity index (χ3v) is 3.85. The summed E-state index contributed by atoms with van der Waals surface area (Å²) in [5.41, 5.74) is 7.15. The molecule has 1 aliphatic heterocycles. The Hall–Kier alpha value is -1.39. The molecule has 0 aliphatic carbocycles. The van der Waals surface area contributed by atoms with Gasteiger partial charge in [-0.2, -0.15) is 0 Å². The zero-order chi connectivity index (χ0) is 14.9. The maximum Gasteiger partial charge on any atom is 0.222 e. The molecular formula is C17H26N2O2. The lowest BCUT2D eigenvalue weighted by Gasteiger charge is -2.22. The molecule has 0 bridgehead atoms. The van der Waals surface area contributed by atoms with Gasteiger partial charge in [-0.15, -0.1) is 0 Å². The summed E-state index contributed by atoms with van der Waals surface area (Å²) in [6, 6.07) is 10.2. The van der Waals surface area contributed by atoms with Gasteiger partial charge in [-0.05, 0) is 24.8 Å². The normalized spacial score (nSPS) is 19.3. The summed E-state index contributed by atoms with van der Waals surface area (Å²) in [5, 5.41) is 0. The van der Waals surface area contributed by atoms with E-state index in [0.29, 0.717) is 26.2 Å². The first-order valence-corrected chi connectivity index (χ1v) is 7.91. The van der Waals surface area contributed by atoms with Gasteiger partial charge in [0.2, 0.25) is 5.91 Å². The highest BCUT2D eigenvalue weighted by Gasteiger charge is 2.19. The number of benzene rings is 1. The van der Waals surface area contributed by atoms with E-state index in [0.717, 1.165) is 32.2 Å². The molecule has 116 valence electrons. The zero-order valence-electron chi connectivity index (χ0n) is 12.7. The molecule has 1 saturated heterocycles. The molecule has 2 rings (SSSR count). The third kappa shape index (κ3) is 5.86. The van der Waals surface area contributed by atoms with Crippen LogP contribution < -0.4 is 5.73 Å². The van der Waals surface area contributed by atoms with Crippen LogP contribution in [0.5, 0.6) is 0 Å². The van der Waals surface area contributed by atoms with Gasteiger partial charge in [-0.25, -0.2) is 0 Å². The number of rotatable bonds is 6. The zero-order valence-corrected chi connectivity index (χ0v) is 12.7. The number of hydrogen-bond donors (Lipinski definition) is 1. The van der Waals surface area contributed by atoms with Gasteiger partial charge < -0.3 is 15.4 Å². The summed E-state index contributed by atoms with van der Waals surface area (Å²) in [6.07, 6.45) is 4.57. The Morgan fingerprint density at radius 1 is 1.29 bits per heavy atom. The number of ether oxygens (including phenoxy) is 1. The molecule has 2 N–H and O–H groups in total. The van der Waals surface area contributed by atoms with Gasteiger partial charge in [0, 0.05) is 32.2 Å². The van der Waals surface area contributed by atoms with Gasteiger partial charge in [0.05, 0.1) is 6.61 Å². The van der Waals surface area contributed by atoms with E-state index in [4.69, 9.17) is 10.5 Å². The summed E-state index contributed by atoms with van der Waals surface area (Å²) in [5.74, 6) is 0.218. The SMILES string of the molecule is N[C@@H]1CCCCN(C(=O)CCCOCc2ccccc2)C1. The summed E-state index contributed by atoms with van der Waals surface area (Å²) in [6.45, 7) is 2.81. The molecule has 1 aromatic carbocycles. The van der Waals surface area contributed by atoms with Gasteiger partial charge in [0.15, 0.2) is 0 Å². The number of carbonyl (C=O) groups excluding carboxylic acids is 1. The fourth-order valence-corrected chi connectivity index (χ4v) is 2.65. The lowest BCUT2D eigenvalue weighted by molar-refractivity contribution is -0.131. The van der Waals surface area contributed by atoms with Gasteiger partial charge in [0.1, 0.15) is 0 Å². The van der Waals surface area contributed by atoms with Crippen molar-refractivity contribution in [3.8, 4) is 0 Å². The third-order valence-electron chi connectivity index (χ3n) is 3.85. The number of amides is 1. The largest absolute Gasteiger partial charge is 0.377 e. The van der Waals surface area contributed by atoms with Gasteiger partial charge in [-0.1, -0.05) is 36.8 Å².